The molecular formula is C8H6F3N5S. The highest BCUT2D eigenvalue weighted by Crippen LogP contribution is 2.36. The van der Waals surface area contributed by atoms with E-state index in [1.165, 1.54) is 16.0 Å². The van der Waals surface area contributed by atoms with Crippen LogP contribution in [0.5, 0.6) is 0 Å². The number of nitrogens with zero attached hydrogens (tertiary/aromatic N) is 4. The molecule has 1 aliphatic heterocycles. The van der Waals surface area contributed by atoms with E-state index in [9.17, 15) is 13.2 Å². The van der Waals surface area contributed by atoms with Crippen LogP contribution in [0, 0.1) is 6.92 Å². The molecule has 3 rings (SSSR count). The molecule has 5 nitrogen and oxygen atoms in total. The highest BCUT2D eigenvalue weighted by molar-refractivity contribution is 7.09. The van der Waals surface area contributed by atoms with Crippen molar-refractivity contribution in [2.24, 2.45) is 0 Å². The molecule has 0 saturated carbocycles. The molecule has 0 fully saturated rings. The van der Waals surface area contributed by atoms with E-state index < -0.39 is 18.2 Å². The molecule has 0 aliphatic carbocycles. The van der Waals surface area contributed by atoms with Gasteiger partial charge in [-0.2, -0.15) is 18.2 Å². The highest BCUT2D eigenvalue weighted by Gasteiger charge is 2.41. The van der Waals surface area contributed by atoms with Crippen LogP contribution in [0.2, 0.25) is 0 Å². The number of alkyl halides is 3. The molecule has 0 spiro atoms. The van der Waals surface area contributed by atoms with Gasteiger partial charge in [-0.3, -0.25) is 0 Å². The molecule has 9 heteroatoms. The lowest BCUT2D eigenvalue weighted by molar-refractivity contribution is -0.144. The molecular weight excluding hydrogens is 255 g/mol. The van der Waals surface area contributed by atoms with Crippen molar-refractivity contribution in [3.63, 3.8) is 0 Å². The maximum absolute atomic E-state index is 12.4. The number of hydrogen-bond donors (Lipinski definition) is 1. The third-order valence-corrected chi connectivity index (χ3v) is 3.28. The van der Waals surface area contributed by atoms with Crippen LogP contribution in [0.1, 0.15) is 22.7 Å². The summed E-state index contributed by atoms with van der Waals surface area (Å²) in [6, 6.07) is 0. The largest absolute Gasteiger partial charge is 0.453 e. The van der Waals surface area contributed by atoms with Crippen molar-refractivity contribution in [1.29, 1.82) is 0 Å². The van der Waals surface area contributed by atoms with Gasteiger partial charge in [0.05, 0.1) is 0 Å². The van der Waals surface area contributed by atoms with E-state index in [0.29, 0.717) is 5.01 Å². The zero-order chi connectivity index (χ0) is 12.2. The van der Waals surface area contributed by atoms with E-state index >= 15 is 0 Å². The molecule has 0 aromatic carbocycles. The molecule has 17 heavy (non-hydrogen) atoms. The number of rotatable bonds is 1. The molecule has 1 N–H and O–H groups in total. The summed E-state index contributed by atoms with van der Waals surface area (Å²) in [6.07, 6.45) is -4.96. The van der Waals surface area contributed by atoms with E-state index in [2.05, 4.69) is 20.4 Å². The molecule has 1 unspecified atom stereocenters. The second-order valence-electron chi connectivity index (χ2n) is 3.58. The molecule has 2 aromatic heterocycles. The van der Waals surface area contributed by atoms with Crippen LogP contribution in [-0.4, -0.2) is 19.7 Å². The number of aromatic nitrogens is 4. The summed E-state index contributed by atoms with van der Waals surface area (Å²) in [5, 5.41) is 8.71. The number of halogens is 3. The predicted octanol–water partition coefficient (Wildman–Crippen LogP) is 2.03. The Morgan fingerprint density at radius 2 is 2.18 bits per heavy atom. The Bertz CT molecular complexity index is 572. The summed E-state index contributed by atoms with van der Waals surface area (Å²) in [5.41, 5.74) is 0.830. The van der Waals surface area contributed by atoms with Gasteiger partial charge in [-0.25, -0.2) is 9.67 Å². The van der Waals surface area contributed by atoms with E-state index in [4.69, 9.17) is 0 Å². The van der Waals surface area contributed by atoms with Crippen molar-refractivity contribution in [1.82, 2.24) is 19.7 Å². The minimum absolute atomic E-state index is 0.121. The smallest absolute Gasteiger partial charge is 0.327 e. The van der Waals surface area contributed by atoms with Gasteiger partial charge in [0.25, 0.3) is 5.82 Å². The summed E-state index contributed by atoms with van der Waals surface area (Å²) in [7, 11) is 0. The average Bonchev–Trinajstić information content (AvgIpc) is 2.72. The molecule has 0 bridgehead atoms. The fraction of sp³-hybridized carbons (Fsp3) is 0.375. The fourth-order valence-corrected chi connectivity index (χ4v) is 2.33. The third-order valence-electron chi connectivity index (χ3n) is 2.27. The minimum Gasteiger partial charge on any atom is -0.327 e. The van der Waals surface area contributed by atoms with E-state index in [1.807, 2.05) is 12.3 Å². The van der Waals surface area contributed by atoms with Gasteiger partial charge in [0.2, 0.25) is 5.95 Å². The van der Waals surface area contributed by atoms with Gasteiger partial charge in [-0.15, -0.1) is 16.4 Å². The molecule has 0 radical (unpaired) electrons. The van der Waals surface area contributed by atoms with Gasteiger partial charge in [0.15, 0.2) is 6.17 Å². The van der Waals surface area contributed by atoms with Crippen molar-refractivity contribution >= 4 is 17.3 Å². The van der Waals surface area contributed by atoms with Crippen molar-refractivity contribution in [2.75, 3.05) is 5.32 Å². The first-order valence-electron chi connectivity index (χ1n) is 4.67. The maximum atomic E-state index is 12.4. The Morgan fingerprint density at radius 1 is 1.41 bits per heavy atom. The summed E-state index contributed by atoms with van der Waals surface area (Å²) >= 11 is 1.37. The van der Waals surface area contributed by atoms with E-state index in [0.717, 1.165) is 5.69 Å². The maximum Gasteiger partial charge on any atom is 0.453 e. The first kappa shape index (κ1) is 10.5. The van der Waals surface area contributed by atoms with Crippen molar-refractivity contribution < 1.29 is 13.2 Å². The first-order valence-corrected chi connectivity index (χ1v) is 5.55. The van der Waals surface area contributed by atoms with Gasteiger partial charge in [0, 0.05) is 11.1 Å². The van der Waals surface area contributed by atoms with E-state index in [-0.39, 0.29) is 5.95 Å². The van der Waals surface area contributed by atoms with Crippen molar-refractivity contribution in [3.05, 3.63) is 21.9 Å². The van der Waals surface area contributed by atoms with Crippen LogP contribution < -0.4 is 5.32 Å². The normalized spacial score (nSPS) is 18.5. The second kappa shape index (κ2) is 3.19. The molecule has 1 aliphatic rings. The highest BCUT2D eigenvalue weighted by atomic mass is 32.1. The fourth-order valence-electron chi connectivity index (χ4n) is 1.50. The predicted molar refractivity (Wildman–Crippen MR) is 53.6 cm³/mol. The summed E-state index contributed by atoms with van der Waals surface area (Å²) < 4.78 is 38.3. The van der Waals surface area contributed by atoms with Crippen molar-refractivity contribution in [3.8, 4) is 0 Å². The van der Waals surface area contributed by atoms with Crippen LogP contribution in [0.25, 0.3) is 0 Å². The van der Waals surface area contributed by atoms with Gasteiger partial charge in [-0.1, -0.05) is 0 Å². The summed E-state index contributed by atoms with van der Waals surface area (Å²) in [5.74, 6) is -1.01. The van der Waals surface area contributed by atoms with Crippen molar-refractivity contribution in [2.45, 2.75) is 19.3 Å². The lowest BCUT2D eigenvalue weighted by atomic mass is 10.4. The second-order valence-corrected chi connectivity index (χ2v) is 4.47. The minimum atomic E-state index is -4.52. The van der Waals surface area contributed by atoms with Crippen LogP contribution in [0.3, 0.4) is 0 Å². The Balaban J connectivity index is 1.93. The van der Waals surface area contributed by atoms with Crippen LogP contribution in [-0.2, 0) is 6.18 Å². The van der Waals surface area contributed by atoms with Gasteiger partial charge in [0.1, 0.15) is 5.01 Å². The Morgan fingerprint density at radius 3 is 2.76 bits per heavy atom. The SMILES string of the molecule is Cc1csc(C2Nc3nc(C(F)(F)F)nn32)n1. The lowest BCUT2D eigenvalue weighted by Gasteiger charge is -2.26. The number of thiazole rings is 1. The molecule has 1 atom stereocenters. The average molecular weight is 261 g/mol. The van der Waals surface area contributed by atoms with Gasteiger partial charge >= 0.3 is 6.18 Å². The quantitative estimate of drug-likeness (QED) is 0.853. The van der Waals surface area contributed by atoms with Crippen LogP contribution >= 0.6 is 11.3 Å². The molecule has 0 amide bonds. The Hall–Kier alpha value is -1.64. The number of nitrogens with one attached hydrogen (secondary N) is 1. The van der Waals surface area contributed by atoms with Crippen LogP contribution in [0.4, 0.5) is 19.1 Å². The summed E-state index contributed by atoms with van der Waals surface area (Å²) in [6.45, 7) is 1.82. The lowest BCUT2D eigenvalue weighted by Crippen LogP contribution is -2.32. The topological polar surface area (TPSA) is 55.6 Å². The number of anilines is 1. The van der Waals surface area contributed by atoms with E-state index in [1.54, 1.807) is 0 Å². The Kier molecular flexibility index (Phi) is 1.97. The summed E-state index contributed by atoms with van der Waals surface area (Å²) in [4.78, 5) is 7.53. The zero-order valence-electron chi connectivity index (χ0n) is 8.49. The standard InChI is InChI=1S/C8H6F3N5S/c1-3-2-17-5(12-3)4-13-7-14-6(8(9,10)11)15-16(4)7/h2,4H,1H3,(H,13,14,15). The zero-order valence-corrected chi connectivity index (χ0v) is 9.30. The molecule has 2 aromatic rings. The number of hydrogen-bond acceptors (Lipinski definition) is 5. The molecule has 3 heterocycles. The molecule has 90 valence electrons. The first-order chi connectivity index (χ1) is 7.95. The number of aryl methyl sites for hydroxylation is 1. The van der Waals surface area contributed by atoms with Crippen LogP contribution in [0.15, 0.2) is 5.38 Å². The monoisotopic (exact) mass is 261 g/mol. The van der Waals surface area contributed by atoms with Gasteiger partial charge < -0.3 is 5.32 Å². The number of fused-ring (bicyclic) bond motifs is 1. The molecule has 0 saturated heterocycles. The Labute approximate surface area is 97.3 Å². The third kappa shape index (κ3) is 1.57. The van der Waals surface area contributed by atoms with Gasteiger partial charge in [-0.05, 0) is 6.92 Å².